The quantitative estimate of drug-likeness (QED) is 0.891. The molecule has 20 heavy (non-hydrogen) atoms. The van der Waals surface area contributed by atoms with Crippen LogP contribution in [0.3, 0.4) is 0 Å². The standard InChI is InChI=1S/C14H11FN2O3/c15-11-3-1-2-10(6-11)13(18)17-8-9-4-5-12(14(19)20)16-7-9/h1-7H,8H2,(H,17,18)(H,19,20). The van der Waals surface area contributed by atoms with Crippen molar-refractivity contribution < 1.29 is 19.1 Å². The van der Waals surface area contributed by atoms with E-state index in [0.717, 1.165) is 6.07 Å². The summed E-state index contributed by atoms with van der Waals surface area (Å²) in [4.78, 5) is 26.1. The topological polar surface area (TPSA) is 79.3 Å². The van der Waals surface area contributed by atoms with Gasteiger partial charge < -0.3 is 10.4 Å². The van der Waals surface area contributed by atoms with Crippen molar-refractivity contribution in [3.05, 3.63) is 65.2 Å². The molecule has 2 rings (SSSR count). The number of carboxylic acid groups (broad SMARTS) is 1. The van der Waals surface area contributed by atoms with Crippen LogP contribution in [0.1, 0.15) is 26.4 Å². The molecular formula is C14H11FN2O3. The van der Waals surface area contributed by atoms with Crippen LogP contribution < -0.4 is 5.32 Å². The van der Waals surface area contributed by atoms with Crippen LogP contribution in [-0.4, -0.2) is 22.0 Å². The molecule has 102 valence electrons. The molecule has 0 radical (unpaired) electrons. The van der Waals surface area contributed by atoms with Gasteiger partial charge in [-0.2, -0.15) is 0 Å². The highest BCUT2D eigenvalue weighted by Gasteiger charge is 2.07. The average Bonchev–Trinajstić information content (AvgIpc) is 2.45. The number of aromatic nitrogens is 1. The molecule has 6 heteroatoms. The zero-order valence-corrected chi connectivity index (χ0v) is 10.3. The number of aromatic carboxylic acids is 1. The van der Waals surface area contributed by atoms with Crippen LogP contribution >= 0.6 is 0 Å². The maximum absolute atomic E-state index is 13.0. The lowest BCUT2D eigenvalue weighted by Crippen LogP contribution is -2.23. The second-order valence-corrected chi connectivity index (χ2v) is 4.05. The minimum absolute atomic E-state index is 0.0646. The van der Waals surface area contributed by atoms with Crippen molar-refractivity contribution in [1.82, 2.24) is 10.3 Å². The fourth-order valence-corrected chi connectivity index (χ4v) is 1.57. The third-order valence-electron chi connectivity index (χ3n) is 2.58. The van der Waals surface area contributed by atoms with Crippen LogP contribution in [0.15, 0.2) is 42.6 Å². The minimum atomic E-state index is -1.11. The first kappa shape index (κ1) is 13.7. The average molecular weight is 274 g/mol. The van der Waals surface area contributed by atoms with Gasteiger partial charge in [0.15, 0.2) is 0 Å². The maximum Gasteiger partial charge on any atom is 0.354 e. The number of nitrogens with zero attached hydrogens (tertiary/aromatic N) is 1. The van der Waals surface area contributed by atoms with Gasteiger partial charge in [-0.15, -0.1) is 0 Å². The van der Waals surface area contributed by atoms with Gasteiger partial charge in [-0.05, 0) is 29.8 Å². The number of hydrogen-bond donors (Lipinski definition) is 2. The van der Waals surface area contributed by atoms with Gasteiger partial charge in [0.25, 0.3) is 5.91 Å². The van der Waals surface area contributed by atoms with E-state index in [1.165, 1.54) is 30.5 Å². The molecule has 0 aliphatic carbocycles. The highest BCUT2D eigenvalue weighted by atomic mass is 19.1. The molecule has 0 unspecified atom stereocenters. The fourth-order valence-electron chi connectivity index (χ4n) is 1.57. The van der Waals surface area contributed by atoms with Crippen molar-refractivity contribution in [3.63, 3.8) is 0 Å². The molecular weight excluding hydrogens is 263 g/mol. The van der Waals surface area contributed by atoms with E-state index in [1.54, 1.807) is 6.07 Å². The van der Waals surface area contributed by atoms with E-state index in [1.807, 2.05) is 0 Å². The van der Waals surface area contributed by atoms with Gasteiger partial charge in [-0.1, -0.05) is 12.1 Å². The molecule has 5 nitrogen and oxygen atoms in total. The Labute approximate surface area is 114 Å². The first-order valence-corrected chi connectivity index (χ1v) is 5.78. The van der Waals surface area contributed by atoms with E-state index in [0.29, 0.717) is 5.56 Å². The summed E-state index contributed by atoms with van der Waals surface area (Å²) in [6.07, 6.45) is 1.37. The van der Waals surface area contributed by atoms with Crippen LogP contribution in [0.2, 0.25) is 0 Å². The monoisotopic (exact) mass is 274 g/mol. The molecule has 1 heterocycles. The van der Waals surface area contributed by atoms with Crippen LogP contribution in [0, 0.1) is 5.82 Å². The van der Waals surface area contributed by atoms with E-state index < -0.39 is 17.7 Å². The zero-order chi connectivity index (χ0) is 14.5. The summed E-state index contributed by atoms with van der Waals surface area (Å²) in [5, 5.41) is 11.3. The maximum atomic E-state index is 13.0. The lowest BCUT2D eigenvalue weighted by molar-refractivity contribution is 0.0690. The molecule has 0 aliphatic rings. The van der Waals surface area contributed by atoms with Crippen molar-refractivity contribution in [2.75, 3.05) is 0 Å². The van der Waals surface area contributed by atoms with E-state index in [-0.39, 0.29) is 17.8 Å². The van der Waals surface area contributed by atoms with E-state index >= 15 is 0 Å². The summed E-state index contributed by atoms with van der Waals surface area (Å²) < 4.78 is 13.0. The Morgan fingerprint density at radius 3 is 2.65 bits per heavy atom. The summed E-state index contributed by atoms with van der Waals surface area (Å²) in [6, 6.07) is 8.26. The third kappa shape index (κ3) is 3.38. The number of nitrogens with one attached hydrogen (secondary N) is 1. The van der Waals surface area contributed by atoms with E-state index in [4.69, 9.17) is 5.11 Å². The summed E-state index contributed by atoms with van der Waals surface area (Å²) in [5.74, 6) is -2.00. The normalized spacial score (nSPS) is 10.1. The minimum Gasteiger partial charge on any atom is -0.477 e. The van der Waals surface area contributed by atoms with Crippen molar-refractivity contribution in [3.8, 4) is 0 Å². The molecule has 0 spiro atoms. The predicted molar refractivity (Wildman–Crippen MR) is 68.8 cm³/mol. The van der Waals surface area contributed by atoms with Crippen LogP contribution in [0.5, 0.6) is 0 Å². The highest BCUT2D eigenvalue weighted by Crippen LogP contribution is 2.05. The first-order chi connectivity index (χ1) is 9.56. The Kier molecular flexibility index (Phi) is 4.05. The predicted octanol–water partition coefficient (Wildman–Crippen LogP) is 1.85. The smallest absolute Gasteiger partial charge is 0.354 e. The number of hydrogen-bond acceptors (Lipinski definition) is 3. The Balaban J connectivity index is 1.98. The van der Waals surface area contributed by atoms with Gasteiger partial charge in [0.05, 0.1) is 0 Å². The molecule has 0 fully saturated rings. The van der Waals surface area contributed by atoms with Crippen molar-refractivity contribution in [2.45, 2.75) is 6.54 Å². The highest BCUT2D eigenvalue weighted by molar-refractivity contribution is 5.94. The second kappa shape index (κ2) is 5.92. The zero-order valence-electron chi connectivity index (χ0n) is 10.3. The van der Waals surface area contributed by atoms with Gasteiger partial charge in [0, 0.05) is 18.3 Å². The number of rotatable bonds is 4. The Hall–Kier alpha value is -2.76. The SMILES string of the molecule is O=C(NCc1ccc(C(=O)O)nc1)c1cccc(F)c1. The van der Waals surface area contributed by atoms with Crippen LogP contribution in [0.4, 0.5) is 4.39 Å². The lowest BCUT2D eigenvalue weighted by atomic mass is 10.2. The molecule has 0 atom stereocenters. The third-order valence-corrected chi connectivity index (χ3v) is 2.58. The molecule has 2 aromatic rings. The fraction of sp³-hybridized carbons (Fsp3) is 0.0714. The van der Waals surface area contributed by atoms with Crippen LogP contribution in [-0.2, 0) is 6.54 Å². The lowest BCUT2D eigenvalue weighted by Gasteiger charge is -2.05. The van der Waals surface area contributed by atoms with Crippen LogP contribution in [0.25, 0.3) is 0 Å². The van der Waals surface area contributed by atoms with E-state index in [9.17, 15) is 14.0 Å². The molecule has 0 saturated carbocycles. The Bertz CT molecular complexity index is 641. The molecule has 1 aromatic heterocycles. The molecule has 0 saturated heterocycles. The van der Waals surface area contributed by atoms with Gasteiger partial charge >= 0.3 is 5.97 Å². The number of benzene rings is 1. The summed E-state index contributed by atoms with van der Waals surface area (Å²) in [7, 11) is 0. The number of carboxylic acids is 1. The summed E-state index contributed by atoms with van der Waals surface area (Å²) >= 11 is 0. The van der Waals surface area contributed by atoms with Gasteiger partial charge in [-0.3, -0.25) is 4.79 Å². The molecule has 1 aromatic carbocycles. The van der Waals surface area contributed by atoms with Crippen molar-refractivity contribution >= 4 is 11.9 Å². The van der Waals surface area contributed by atoms with E-state index in [2.05, 4.69) is 10.3 Å². The number of pyridine rings is 1. The molecule has 0 aliphatic heterocycles. The summed E-state index contributed by atoms with van der Waals surface area (Å²) in [5.41, 5.74) is 0.810. The van der Waals surface area contributed by atoms with Crippen molar-refractivity contribution in [1.29, 1.82) is 0 Å². The Morgan fingerprint density at radius 2 is 2.05 bits per heavy atom. The van der Waals surface area contributed by atoms with Gasteiger partial charge in [0.1, 0.15) is 11.5 Å². The number of amides is 1. The molecule has 0 bridgehead atoms. The first-order valence-electron chi connectivity index (χ1n) is 5.78. The number of carbonyl (C=O) groups excluding carboxylic acids is 1. The van der Waals surface area contributed by atoms with Crippen molar-refractivity contribution in [2.24, 2.45) is 0 Å². The Morgan fingerprint density at radius 1 is 1.25 bits per heavy atom. The largest absolute Gasteiger partial charge is 0.477 e. The second-order valence-electron chi connectivity index (χ2n) is 4.05. The van der Waals surface area contributed by atoms with Gasteiger partial charge in [0.2, 0.25) is 0 Å². The van der Waals surface area contributed by atoms with Gasteiger partial charge in [-0.25, -0.2) is 14.2 Å². The summed E-state index contributed by atoms with van der Waals surface area (Å²) in [6.45, 7) is 0.183. The molecule has 1 amide bonds. The number of halogens is 1. The molecule has 2 N–H and O–H groups in total. The number of carbonyl (C=O) groups is 2.